The van der Waals surface area contributed by atoms with E-state index in [1.807, 2.05) is 0 Å². The second-order valence-corrected chi connectivity index (χ2v) is 12.2. The van der Waals surface area contributed by atoms with E-state index >= 15 is 0 Å². The van der Waals surface area contributed by atoms with Gasteiger partial charge in [0.05, 0.1) is 5.56 Å². The minimum atomic E-state index is -6.26. The molecule has 0 aromatic heterocycles. The Morgan fingerprint density at radius 1 is 0.698 bits per heavy atom. The van der Waals surface area contributed by atoms with E-state index in [2.05, 4.69) is 0 Å². The quantitative estimate of drug-likeness (QED) is 0.233. The van der Waals surface area contributed by atoms with Crippen molar-refractivity contribution < 1.29 is 73.2 Å². The number of rotatable bonds is 8. The molecule has 0 radical (unpaired) electrons. The molecule has 1 aliphatic carbocycles. The number of hydrogen-bond acceptors (Lipinski definition) is 13. The molecule has 17 heteroatoms. The maximum Gasteiger partial charge on any atom is 0.523 e. The van der Waals surface area contributed by atoms with E-state index in [0.29, 0.717) is 0 Å². The maximum absolute atomic E-state index is 13.6. The Hall–Kier alpha value is -1.93. The fraction of sp³-hybridized carbons (Fsp3) is 0.731. The molecule has 0 amide bonds. The second kappa shape index (κ2) is 11.5. The highest BCUT2D eigenvalue weighted by atomic mass is 32.2. The van der Waals surface area contributed by atoms with Gasteiger partial charge in [0.25, 0.3) is 0 Å². The van der Waals surface area contributed by atoms with Gasteiger partial charge in [-0.25, -0.2) is 4.79 Å². The van der Waals surface area contributed by atoms with E-state index in [1.165, 1.54) is 68.3 Å². The summed E-state index contributed by atoms with van der Waals surface area (Å²) in [6.45, 7) is 5.55. The fourth-order valence-electron chi connectivity index (χ4n) is 5.27. The van der Waals surface area contributed by atoms with Gasteiger partial charge in [-0.2, -0.15) is 21.6 Å². The van der Waals surface area contributed by atoms with Crippen LogP contribution in [0.2, 0.25) is 0 Å². The van der Waals surface area contributed by atoms with Gasteiger partial charge in [0.15, 0.2) is 6.10 Å². The molecule has 3 aliphatic rings. The number of carbonyl (C=O) groups excluding carboxylic acids is 1. The largest absolute Gasteiger partial charge is 0.523 e. The van der Waals surface area contributed by atoms with Gasteiger partial charge in [0, 0.05) is 28.4 Å². The molecule has 3 fully saturated rings. The molecule has 4 rings (SSSR count). The van der Waals surface area contributed by atoms with Gasteiger partial charge in [-0.3, -0.25) is 4.18 Å². The van der Waals surface area contributed by atoms with Gasteiger partial charge >= 0.3 is 21.6 Å². The Kier molecular flexibility index (Phi) is 9.05. The summed E-state index contributed by atoms with van der Waals surface area (Å²) in [7, 11) is -1.32. The Morgan fingerprint density at radius 2 is 1.05 bits per heavy atom. The molecule has 1 aromatic carbocycles. The zero-order valence-electron chi connectivity index (χ0n) is 24.7. The van der Waals surface area contributed by atoms with Gasteiger partial charge < -0.3 is 42.6 Å². The van der Waals surface area contributed by atoms with E-state index < -0.39 is 81.4 Å². The van der Waals surface area contributed by atoms with Crippen LogP contribution in [0.3, 0.4) is 0 Å². The van der Waals surface area contributed by atoms with Crippen molar-refractivity contribution in [2.24, 2.45) is 0 Å². The molecular formula is C26H35F3O13S. The third-order valence-electron chi connectivity index (χ3n) is 8.37. The van der Waals surface area contributed by atoms with Crippen LogP contribution < -0.4 is 0 Å². The predicted octanol–water partition coefficient (Wildman–Crippen LogP) is 2.48. The van der Waals surface area contributed by atoms with Crippen molar-refractivity contribution in [3.63, 3.8) is 0 Å². The van der Waals surface area contributed by atoms with Crippen LogP contribution in [-0.4, -0.2) is 108 Å². The van der Waals surface area contributed by atoms with E-state index in [0.717, 1.165) is 0 Å². The molecule has 0 spiro atoms. The summed E-state index contributed by atoms with van der Waals surface area (Å²) in [4.78, 5) is 13.3. The van der Waals surface area contributed by atoms with Crippen LogP contribution >= 0.6 is 0 Å². The van der Waals surface area contributed by atoms with Crippen LogP contribution in [-0.2, 0) is 56.9 Å². The first-order valence-corrected chi connectivity index (χ1v) is 14.4. The summed E-state index contributed by atoms with van der Waals surface area (Å²) in [6.07, 6.45) is -10.2. The lowest BCUT2D eigenvalue weighted by Gasteiger charge is -2.61. The van der Waals surface area contributed by atoms with Crippen molar-refractivity contribution in [3.05, 3.63) is 35.9 Å². The number of methoxy groups -OCH3 is 4. The molecule has 2 saturated heterocycles. The summed E-state index contributed by atoms with van der Waals surface area (Å²) < 4.78 is 123. The van der Waals surface area contributed by atoms with Crippen LogP contribution in [0, 0.1) is 0 Å². The minimum Gasteiger partial charge on any atom is -0.453 e. The Bertz CT molecular complexity index is 1230. The van der Waals surface area contributed by atoms with Gasteiger partial charge in [0.1, 0.15) is 30.5 Å². The normalized spacial score (nSPS) is 41.7. The van der Waals surface area contributed by atoms with E-state index in [-0.39, 0.29) is 5.56 Å². The van der Waals surface area contributed by atoms with Gasteiger partial charge in [-0.05, 0) is 39.8 Å². The molecule has 2 heterocycles. The smallest absolute Gasteiger partial charge is 0.453 e. The number of halogens is 3. The van der Waals surface area contributed by atoms with Crippen molar-refractivity contribution >= 4 is 16.1 Å². The molecule has 8 atom stereocenters. The van der Waals surface area contributed by atoms with Crippen LogP contribution in [0.5, 0.6) is 0 Å². The average Bonchev–Trinajstić information content (AvgIpc) is 2.96. The zero-order chi connectivity index (χ0) is 32.2. The van der Waals surface area contributed by atoms with Gasteiger partial charge in [0.2, 0.25) is 23.1 Å². The lowest BCUT2D eigenvalue weighted by Crippen LogP contribution is -2.80. The van der Waals surface area contributed by atoms with Crippen molar-refractivity contribution in [2.75, 3.05) is 28.4 Å². The zero-order valence-corrected chi connectivity index (χ0v) is 25.5. The number of hydrogen-bond donors (Lipinski definition) is 0. The third kappa shape index (κ3) is 5.57. The summed E-state index contributed by atoms with van der Waals surface area (Å²) in [6, 6.07) is 7.80. The molecule has 244 valence electrons. The number of fused-ring (bicyclic) bond motifs is 2. The topological polar surface area (TPSA) is 144 Å². The van der Waals surface area contributed by atoms with Crippen molar-refractivity contribution in [3.8, 4) is 0 Å². The first kappa shape index (κ1) is 34.0. The molecule has 13 nitrogen and oxygen atoms in total. The second-order valence-electron chi connectivity index (χ2n) is 10.6. The highest BCUT2D eigenvalue weighted by Gasteiger charge is 2.71. The average molecular weight is 645 g/mol. The maximum atomic E-state index is 13.6. The summed E-state index contributed by atoms with van der Waals surface area (Å²) in [5.74, 6) is -8.12. The van der Waals surface area contributed by atoms with Crippen molar-refractivity contribution in [2.45, 2.75) is 93.0 Å². The predicted molar refractivity (Wildman–Crippen MR) is 137 cm³/mol. The lowest BCUT2D eigenvalue weighted by atomic mass is 9.81. The van der Waals surface area contributed by atoms with Crippen LogP contribution in [0.25, 0.3) is 0 Å². The van der Waals surface area contributed by atoms with Crippen LogP contribution in [0.15, 0.2) is 30.3 Å². The number of benzene rings is 1. The summed E-state index contributed by atoms with van der Waals surface area (Å²) in [5, 5.41) is 0. The molecule has 1 aromatic rings. The molecule has 2 aliphatic heterocycles. The standard InChI is InChI=1S/C26H35F3O13S/c1-22(33-5)24(3,35-7)40-18-16(38-22)15(37-21(30)14-12-10-9-11-13-14)17-19(20(18)42-43(31,32)26(27,28)29)41-25(4,36-8)23(2,34-6)39-17/h9-13,15-20H,1-8H3. The molecule has 1 saturated carbocycles. The SMILES string of the molecule is COC1(C)OC2C(OC(=O)c3ccccc3)C3OC(C)(OC)C(C)(OC)OC3C(OS(=O)(=O)C(F)(F)F)C2OC1(C)OC. The first-order chi connectivity index (χ1) is 19.8. The number of alkyl halides is 3. The van der Waals surface area contributed by atoms with E-state index in [9.17, 15) is 26.4 Å². The highest BCUT2D eigenvalue weighted by molar-refractivity contribution is 7.87. The van der Waals surface area contributed by atoms with Crippen LogP contribution in [0.4, 0.5) is 13.2 Å². The molecule has 0 N–H and O–H groups in total. The molecule has 43 heavy (non-hydrogen) atoms. The van der Waals surface area contributed by atoms with Crippen LogP contribution in [0.1, 0.15) is 38.1 Å². The summed E-state index contributed by atoms with van der Waals surface area (Å²) in [5.41, 5.74) is -5.70. The lowest BCUT2D eigenvalue weighted by molar-refractivity contribution is -0.501. The number of carbonyl (C=O) groups is 1. The fourth-order valence-corrected chi connectivity index (χ4v) is 5.89. The van der Waals surface area contributed by atoms with Crippen molar-refractivity contribution in [1.29, 1.82) is 0 Å². The highest BCUT2D eigenvalue weighted by Crippen LogP contribution is 2.51. The molecular weight excluding hydrogens is 609 g/mol. The molecule has 8 unspecified atom stereocenters. The summed E-state index contributed by atoms with van der Waals surface area (Å²) >= 11 is 0. The van der Waals surface area contributed by atoms with Gasteiger partial charge in [-0.15, -0.1) is 0 Å². The Labute approximate surface area is 246 Å². The van der Waals surface area contributed by atoms with E-state index in [1.54, 1.807) is 18.2 Å². The van der Waals surface area contributed by atoms with Crippen molar-refractivity contribution in [1.82, 2.24) is 0 Å². The number of esters is 1. The third-order valence-corrected chi connectivity index (χ3v) is 9.41. The monoisotopic (exact) mass is 644 g/mol. The van der Waals surface area contributed by atoms with E-state index in [4.69, 9.17) is 46.8 Å². The Morgan fingerprint density at radius 3 is 1.37 bits per heavy atom. The van der Waals surface area contributed by atoms with Gasteiger partial charge in [-0.1, -0.05) is 18.2 Å². The Balaban J connectivity index is 1.91. The number of ether oxygens (including phenoxy) is 9. The molecule has 0 bridgehead atoms. The first-order valence-electron chi connectivity index (χ1n) is 13.0. The minimum absolute atomic E-state index is 0.120.